The molecule has 2 nitrogen and oxygen atoms in total. The Balaban J connectivity index is 1.47. The lowest BCUT2D eigenvalue weighted by molar-refractivity contribution is 1.18. The van der Waals surface area contributed by atoms with Gasteiger partial charge in [-0.25, -0.2) is 0 Å². The van der Waals surface area contributed by atoms with E-state index >= 15 is 0 Å². The largest absolute Gasteiger partial charge is 0.309 e. The van der Waals surface area contributed by atoms with Gasteiger partial charge in [0.15, 0.2) is 0 Å². The molecule has 40 heavy (non-hydrogen) atoms. The fraction of sp³-hybridized carbons (Fsp3) is 0. The molecule has 0 N–H and O–H groups in total. The van der Waals surface area contributed by atoms with Crippen molar-refractivity contribution in [2.24, 2.45) is 0 Å². The number of para-hydroxylation sites is 2. The average Bonchev–Trinajstić information content (AvgIpc) is 3.65. The molecular formula is C36H21IN2S. The van der Waals surface area contributed by atoms with Crippen molar-refractivity contribution in [3.63, 3.8) is 0 Å². The standard InChI is InChI=1S/C36H21IN2S/c37-22-16-18-23(19-17-22)38-28-12-4-1-9-26(28)34-30(38)20-21-31-35(34)27-10-2-5-13-29(27)39(31)32-14-7-11-25-24-8-3-6-15-33(24)40-36(25)32/h1-21H. The van der Waals surface area contributed by atoms with Crippen LogP contribution in [0.4, 0.5) is 0 Å². The summed E-state index contributed by atoms with van der Waals surface area (Å²) >= 11 is 4.27. The number of nitrogens with zero attached hydrogens (tertiary/aromatic N) is 2. The summed E-state index contributed by atoms with van der Waals surface area (Å²) in [5.41, 5.74) is 7.37. The van der Waals surface area contributed by atoms with Gasteiger partial charge in [-0.2, -0.15) is 0 Å². The molecule has 9 rings (SSSR count). The van der Waals surface area contributed by atoms with Crippen molar-refractivity contribution in [2.75, 3.05) is 0 Å². The third kappa shape index (κ3) is 3.03. The van der Waals surface area contributed by atoms with E-state index in [1.165, 1.54) is 78.7 Å². The van der Waals surface area contributed by atoms with Crippen LogP contribution in [0.15, 0.2) is 127 Å². The minimum absolute atomic E-state index is 1.18. The predicted molar refractivity (Wildman–Crippen MR) is 181 cm³/mol. The van der Waals surface area contributed by atoms with Gasteiger partial charge in [0.25, 0.3) is 0 Å². The van der Waals surface area contributed by atoms with Crippen LogP contribution >= 0.6 is 33.9 Å². The van der Waals surface area contributed by atoms with Gasteiger partial charge in [0.1, 0.15) is 0 Å². The Hall–Kier alpha value is -4.13. The number of thiophene rings is 1. The highest BCUT2D eigenvalue weighted by Crippen LogP contribution is 2.44. The summed E-state index contributed by atoms with van der Waals surface area (Å²) in [6.07, 6.45) is 0. The molecule has 9 aromatic rings. The van der Waals surface area contributed by atoms with Gasteiger partial charge in [-0.3, -0.25) is 0 Å². The van der Waals surface area contributed by atoms with E-state index < -0.39 is 0 Å². The van der Waals surface area contributed by atoms with E-state index in [1.807, 2.05) is 11.3 Å². The summed E-state index contributed by atoms with van der Waals surface area (Å²) in [5.74, 6) is 0. The second kappa shape index (κ2) is 8.43. The minimum Gasteiger partial charge on any atom is -0.309 e. The van der Waals surface area contributed by atoms with Crippen molar-refractivity contribution in [1.82, 2.24) is 9.13 Å². The van der Waals surface area contributed by atoms with Crippen molar-refractivity contribution < 1.29 is 0 Å². The van der Waals surface area contributed by atoms with Gasteiger partial charge < -0.3 is 9.13 Å². The number of benzene rings is 6. The van der Waals surface area contributed by atoms with Gasteiger partial charge >= 0.3 is 0 Å². The monoisotopic (exact) mass is 640 g/mol. The van der Waals surface area contributed by atoms with Crippen LogP contribution in [0.1, 0.15) is 0 Å². The van der Waals surface area contributed by atoms with E-state index in [4.69, 9.17) is 0 Å². The Morgan fingerprint density at radius 1 is 0.450 bits per heavy atom. The quantitative estimate of drug-likeness (QED) is 0.167. The Kier molecular flexibility index (Phi) is 4.78. The summed E-state index contributed by atoms with van der Waals surface area (Å²) in [4.78, 5) is 0. The van der Waals surface area contributed by atoms with Gasteiger partial charge in [0, 0.05) is 46.3 Å². The average molecular weight is 641 g/mol. The molecule has 0 aliphatic heterocycles. The highest BCUT2D eigenvalue weighted by Gasteiger charge is 2.21. The zero-order chi connectivity index (χ0) is 26.4. The van der Waals surface area contributed by atoms with Crippen molar-refractivity contribution in [1.29, 1.82) is 0 Å². The van der Waals surface area contributed by atoms with Crippen LogP contribution in [0.2, 0.25) is 0 Å². The lowest BCUT2D eigenvalue weighted by Crippen LogP contribution is -1.95. The minimum atomic E-state index is 1.18. The molecule has 4 heteroatoms. The molecule has 0 bridgehead atoms. The van der Waals surface area contributed by atoms with Crippen LogP contribution in [0.3, 0.4) is 0 Å². The van der Waals surface area contributed by atoms with E-state index in [0.717, 1.165) is 0 Å². The molecule has 0 radical (unpaired) electrons. The molecule has 0 atom stereocenters. The van der Waals surface area contributed by atoms with E-state index in [-0.39, 0.29) is 0 Å². The second-order valence-electron chi connectivity index (χ2n) is 10.3. The molecule has 0 fully saturated rings. The smallest absolute Gasteiger partial charge is 0.0640 e. The molecule has 6 aromatic carbocycles. The normalized spacial score (nSPS) is 12.1. The lowest BCUT2D eigenvalue weighted by Gasteiger charge is -2.10. The van der Waals surface area contributed by atoms with E-state index in [1.54, 1.807) is 0 Å². The van der Waals surface area contributed by atoms with Crippen LogP contribution in [0, 0.1) is 3.57 Å². The zero-order valence-electron chi connectivity index (χ0n) is 21.3. The highest BCUT2D eigenvalue weighted by molar-refractivity contribution is 14.1. The van der Waals surface area contributed by atoms with E-state index in [2.05, 4.69) is 159 Å². The molecule has 0 spiro atoms. The number of hydrogen-bond acceptors (Lipinski definition) is 1. The Bertz CT molecular complexity index is 2440. The van der Waals surface area contributed by atoms with Gasteiger partial charge in [-0.15, -0.1) is 11.3 Å². The van der Waals surface area contributed by atoms with Gasteiger partial charge in [0.05, 0.1) is 32.5 Å². The van der Waals surface area contributed by atoms with Crippen molar-refractivity contribution in [2.45, 2.75) is 0 Å². The molecule has 188 valence electrons. The zero-order valence-corrected chi connectivity index (χ0v) is 24.3. The number of halogens is 1. The van der Waals surface area contributed by atoms with Crippen LogP contribution in [-0.4, -0.2) is 9.13 Å². The maximum atomic E-state index is 2.48. The molecule has 0 saturated carbocycles. The van der Waals surface area contributed by atoms with Crippen LogP contribution in [-0.2, 0) is 0 Å². The number of fused-ring (bicyclic) bond motifs is 10. The summed E-state index contributed by atoms with van der Waals surface area (Å²) in [6.45, 7) is 0. The fourth-order valence-electron chi connectivity index (χ4n) is 6.55. The SMILES string of the molecule is Ic1ccc(-n2c3ccccc3c3c4c5ccccc5n(-c5cccc6c5sc5ccccc56)c4ccc32)cc1. The first kappa shape index (κ1) is 22.7. The summed E-state index contributed by atoms with van der Waals surface area (Å²) in [5, 5.41) is 7.83. The first-order valence-corrected chi connectivity index (χ1v) is 15.3. The molecule has 0 saturated heterocycles. The predicted octanol–water partition coefficient (Wildman–Crippen LogP) is 10.9. The summed E-state index contributed by atoms with van der Waals surface area (Å²) < 4.78 is 8.79. The number of rotatable bonds is 2. The molecule has 0 aliphatic carbocycles. The second-order valence-corrected chi connectivity index (χ2v) is 12.6. The van der Waals surface area contributed by atoms with Crippen LogP contribution < -0.4 is 0 Å². The van der Waals surface area contributed by atoms with E-state index in [9.17, 15) is 0 Å². The van der Waals surface area contributed by atoms with Crippen LogP contribution in [0.5, 0.6) is 0 Å². The maximum Gasteiger partial charge on any atom is 0.0640 e. The summed E-state index contributed by atoms with van der Waals surface area (Å²) in [6, 6.07) is 46.7. The maximum absolute atomic E-state index is 2.48. The molecule has 3 heterocycles. The number of hydrogen-bond donors (Lipinski definition) is 0. The van der Waals surface area contributed by atoms with Gasteiger partial charge in [0.2, 0.25) is 0 Å². The Morgan fingerprint density at radius 2 is 1.02 bits per heavy atom. The topological polar surface area (TPSA) is 9.86 Å². The van der Waals surface area contributed by atoms with E-state index in [0.29, 0.717) is 0 Å². The molecule has 3 aromatic heterocycles. The van der Waals surface area contributed by atoms with Crippen LogP contribution in [0.25, 0.3) is 75.2 Å². The third-order valence-corrected chi connectivity index (χ3v) is 10.1. The van der Waals surface area contributed by atoms with Crippen molar-refractivity contribution >= 4 is 97.7 Å². The van der Waals surface area contributed by atoms with Crippen molar-refractivity contribution in [3.05, 3.63) is 131 Å². The Labute approximate surface area is 247 Å². The first-order chi connectivity index (χ1) is 19.8. The van der Waals surface area contributed by atoms with Gasteiger partial charge in [-0.05, 0) is 83.3 Å². The summed E-state index contributed by atoms with van der Waals surface area (Å²) in [7, 11) is 0. The first-order valence-electron chi connectivity index (χ1n) is 13.4. The molecular weight excluding hydrogens is 619 g/mol. The molecule has 0 aliphatic rings. The Morgan fingerprint density at radius 3 is 1.75 bits per heavy atom. The molecule has 0 amide bonds. The van der Waals surface area contributed by atoms with Gasteiger partial charge in [-0.1, -0.05) is 66.7 Å². The van der Waals surface area contributed by atoms with Crippen molar-refractivity contribution in [3.8, 4) is 11.4 Å². The number of aromatic nitrogens is 2. The fourth-order valence-corrected chi connectivity index (χ4v) is 8.12. The lowest BCUT2D eigenvalue weighted by atomic mass is 10.1. The third-order valence-electron chi connectivity index (χ3n) is 8.18. The molecule has 0 unspecified atom stereocenters. The highest BCUT2D eigenvalue weighted by atomic mass is 127.